The molecule has 4 nitrogen and oxygen atoms in total. The molecule has 0 spiro atoms. The van der Waals surface area contributed by atoms with Crippen molar-refractivity contribution in [2.45, 2.75) is 46.1 Å². The molecule has 22 heavy (non-hydrogen) atoms. The maximum Gasteiger partial charge on any atom is 0.263 e. The minimum absolute atomic E-state index is 0.00256. The number of hydrogen-bond acceptors (Lipinski definition) is 3. The topological polar surface area (TPSA) is 49.8 Å². The fraction of sp³-hybridized carbons (Fsp3) is 0.611. The molecule has 1 aliphatic rings. The van der Waals surface area contributed by atoms with Gasteiger partial charge in [-0.3, -0.25) is 4.79 Å². The summed E-state index contributed by atoms with van der Waals surface area (Å²) < 4.78 is 5.77. The monoisotopic (exact) mass is 305 g/mol. The number of hydrogen-bond donors (Lipinski definition) is 1. The van der Waals surface area contributed by atoms with Crippen molar-refractivity contribution in [2.24, 2.45) is 5.41 Å². The number of carbonyl (C=O) groups is 1. The van der Waals surface area contributed by atoms with E-state index in [1.807, 2.05) is 36.1 Å². The Hall–Kier alpha value is -1.55. The SMILES string of the molecule is CCC1(CO)CCN(C(=O)C(C)Oc2cccc(C)c2)CC1. The van der Waals surface area contributed by atoms with Crippen molar-refractivity contribution in [1.29, 1.82) is 0 Å². The third-order valence-electron chi connectivity index (χ3n) is 4.87. The van der Waals surface area contributed by atoms with Crippen LogP contribution >= 0.6 is 0 Å². The maximum atomic E-state index is 12.5. The van der Waals surface area contributed by atoms with Crippen molar-refractivity contribution in [3.8, 4) is 5.75 Å². The predicted molar refractivity (Wildman–Crippen MR) is 86.9 cm³/mol. The number of amides is 1. The number of carbonyl (C=O) groups excluding carboxylic acids is 1. The fourth-order valence-electron chi connectivity index (χ4n) is 3.03. The molecule has 1 saturated heterocycles. The number of piperidine rings is 1. The molecule has 1 fully saturated rings. The van der Waals surface area contributed by atoms with Crippen molar-refractivity contribution in [2.75, 3.05) is 19.7 Å². The molecule has 1 aromatic rings. The van der Waals surface area contributed by atoms with Crippen molar-refractivity contribution in [3.63, 3.8) is 0 Å². The molecule has 1 aromatic carbocycles. The van der Waals surface area contributed by atoms with Gasteiger partial charge in [0.15, 0.2) is 6.10 Å². The van der Waals surface area contributed by atoms with Gasteiger partial charge in [0.05, 0.1) is 0 Å². The third kappa shape index (κ3) is 3.80. The van der Waals surface area contributed by atoms with Crippen LogP contribution < -0.4 is 4.74 Å². The van der Waals surface area contributed by atoms with E-state index in [9.17, 15) is 9.90 Å². The maximum absolute atomic E-state index is 12.5. The smallest absolute Gasteiger partial charge is 0.263 e. The lowest BCUT2D eigenvalue weighted by Crippen LogP contribution is -2.48. The molecular weight excluding hydrogens is 278 g/mol. The highest BCUT2D eigenvalue weighted by Gasteiger charge is 2.35. The zero-order valence-electron chi connectivity index (χ0n) is 13.8. The summed E-state index contributed by atoms with van der Waals surface area (Å²) in [6.45, 7) is 7.53. The first-order chi connectivity index (χ1) is 10.5. The van der Waals surface area contributed by atoms with E-state index in [0.717, 1.165) is 30.6 Å². The number of nitrogens with zero attached hydrogens (tertiary/aromatic N) is 1. The molecule has 122 valence electrons. The lowest BCUT2D eigenvalue weighted by atomic mass is 9.77. The summed E-state index contributed by atoms with van der Waals surface area (Å²) in [7, 11) is 0. The van der Waals surface area contributed by atoms with E-state index in [2.05, 4.69) is 6.92 Å². The molecule has 1 heterocycles. The van der Waals surface area contributed by atoms with Crippen LogP contribution in [0.5, 0.6) is 5.75 Å². The summed E-state index contributed by atoms with van der Waals surface area (Å²) in [6, 6.07) is 7.75. The van der Waals surface area contributed by atoms with Gasteiger partial charge >= 0.3 is 0 Å². The fourth-order valence-corrected chi connectivity index (χ4v) is 3.03. The lowest BCUT2D eigenvalue weighted by molar-refractivity contribution is -0.140. The average molecular weight is 305 g/mol. The number of rotatable bonds is 5. The molecule has 1 N–H and O–H groups in total. The predicted octanol–water partition coefficient (Wildman–Crippen LogP) is 2.77. The lowest BCUT2D eigenvalue weighted by Gasteiger charge is -2.40. The van der Waals surface area contributed by atoms with Gasteiger partial charge in [-0.05, 0) is 56.2 Å². The average Bonchev–Trinajstić information content (AvgIpc) is 2.54. The van der Waals surface area contributed by atoms with Crippen molar-refractivity contribution >= 4 is 5.91 Å². The minimum atomic E-state index is -0.481. The zero-order chi connectivity index (χ0) is 16.2. The number of aliphatic hydroxyl groups is 1. The van der Waals surface area contributed by atoms with Crippen LogP contribution in [0.3, 0.4) is 0 Å². The molecule has 1 amide bonds. The number of aryl methyl sites for hydroxylation is 1. The molecule has 0 aliphatic carbocycles. The van der Waals surface area contributed by atoms with Gasteiger partial charge in [-0.25, -0.2) is 0 Å². The molecule has 0 aromatic heterocycles. The normalized spacial score (nSPS) is 18.8. The highest BCUT2D eigenvalue weighted by Crippen LogP contribution is 2.34. The molecule has 0 bridgehead atoms. The van der Waals surface area contributed by atoms with Gasteiger partial charge in [-0.2, -0.15) is 0 Å². The van der Waals surface area contributed by atoms with E-state index in [1.54, 1.807) is 6.92 Å². The van der Waals surface area contributed by atoms with Crippen LogP contribution in [0.1, 0.15) is 38.7 Å². The molecule has 2 rings (SSSR count). The standard InChI is InChI=1S/C18H27NO3/c1-4-18(13-20)8-10-19(11-9-18)17(21)15(3)22-16-7-5-6-14(2)12-16/h5-7,12,15,20H,4,8-11,13H2,1-3H3. The summed E-state index contributed by atoms with van der Waals surface area (Å²) in [5, 5.41) is 9.57. The Morgan fingerprint density at radius 2 is 2.09 bits per heavy atom. The summed E-state index contributed by atoms with van der Waals surface area (Å²) in [6.07, 6.45) is 2.21. The Kier molecular flexibility index (Phi) is 5.46. The summed E-state index contributed by atoms with van der Waals surface area (Å²) >= 11 is 0. The Bertz CT molecular complexity index is 501. The summed E-state index contributed by atoms with van der Waals surface area (Å²) in [4.78, 5) is 14.4. The zero-order valence-corrected chi connectivity index (χ0v) is 13.8. The van der Waals surface area contributed by atoms with Crippen LogP contribution in [0.2, 0.25) is 0 Å². The van der Waals surface area contributed by atoms with E-state index in [0.29, 0.717) is 13.1 Å². The van der Waals surface area contributed by atoms with Crippen LogP contribution in [-0.4, -0.2) is 41.7 Å². The molecule has 1 aliphatic heterocycles. The summed E-state index contributed by atoms with van der Waals surface area (Å²) in [5.74, 6) is 0.764. The van der Waals surface area contributed by atoms with Gasteiger partial charge in [-0.15, -0.1) is 0 Å². The van der Waals surface area contributed by atoms with E-state index in [-0.39, 0.29) is 17.9 Å². The van der Waals surface area contributed by atoms with Crippen LogP contribution in [-0.2, 0) is 4.79 Å². The van der Waals surface area contributed by atoms with Gasteiger partial charge in [0, 0.05) is 19.7 Å². The van der Waals surface area contributed by atoms with E-state index in [1.165, 1.54) is 0 Å². The van der Waals surface area contributed by atoms with Gasteiger partial charge in [0.2, 0.25) is 0 Å². The van der Waals surface area contributed by atoms with E-state index in [4.69, 9.17) is 4.74 Å². The minimum Gasteiger partial charge on any atom is -0.481 e. The Morgan fingerprint density at radius 1 is 1.41 bits per heavy atom. The van der Waals surface area contributed by atoms with Crippen LogP contribution in [0.15, 0.2) is 24.3 Å². The highest BCUT2D eigenvalue weighted by atomic mass is 16.5. The first kappa shape index (κ1) is 16.8. The second-order valence-electron chi connectivity index (χ2n) is 6.41. The third-order valence-corrected chi connectivity index (χ3v) is 4.87. The van der Waals surface area contributed by atoms with Gasteiger partial charge in [-0.1, -0.05) is 19.1 Å². The van der Waals surface area contributed by atoms with Gasteiger partial charge < -0.3 is 14.7 Å². The number of benzene rings is 1. The molecule has 1 unspecified atom stereocenters. The van der Waals surface area contributed by atoms with E-state index < -0.39 is 6.10 Å². The number of ether oxygens (including phenoxy) is 1. The number of aliphatic hydroxyl groups excluding tert-OH is 1. The Balaban J connectivity index is 1.92. The first-order valence-corrected chi connectivity index (χ1v) is 8.12. The van der Waals surface area contributed by atoms with Crippen molar-refractivity contribution < 1.29 is 14.6 Å². The molecule has 0 saturated carbocycles. The van der Waals surface area contributed by atoms with Crippen LogP contribution in [0, 0.1) is 12.3 Å². The van der Waals surface area contributed by atoms with Crippen molar-refractivity contribution in [1.82, 2.24) is 4.90 Å². The molecule has 0 radical (unpaired) electrons. The molecular formula is C18H27NO3. The Morgan fingerprint density at radius 3 is 2.64 bits per heavy atom. The summed E-state index contributed by atoms with van der Waals surface area (Å²) in [5.41, 5.74) is 1.11. The largest absolute Gasteiger partial charge is 0.481 e. The van der Waals surface area contributed by atoms with E-state index >= 15 is 0 Å². The second kappa shape index (κ2) is 7.14. The Labute approximate surface area is 133 Å². The molecule has 4 heteroatoms. The highest BCUT2D eigenvalue weighted by molar-refractivity contribution is 5.81. The van der Waals surface area contributed by atoms with Crippen LogP contribution in [0.25, 0.3) is 0 Å². The van der Waals surface area contributed by atoms with Crippen molar-refractivity contribution in [3.05, 3.63) is 29.8 Å². The quantitative estimate of drug-likeness (QED) is 0.910. The first-order valence-electron chi connectivity index (χ1n) is 8.12. The molecule has 1 atom stereocenters. The second-order valence-corrected chi connectivity index (χ2v) is 6.41. The van der Waals surface area contributed by atoms with Crippen LogP contribution in [0.4, 0.5) is 0 Å². The number of likely N-dealkylation sites (tertiary alicyclic amines) is 1. The van der Waals surface area contributed by atoms with Gasteiger partial charge in [0.25, 0.3) is 5.91 Å². The van der Waals surface area contributed by atoms with Gasteiger partial charge in [0.1, 0.15) is 5.75 Å².